The summed E-state index contributed by atoms with van der Waals surface area (Å²) in [6.45, 7) is 0. The molecule has 1 atom stereocenters. The summed E-state index contributed by atoms with van der Waals surface area (Å²) in [7, 11) is 3.37. The van der Waals surface area contributed by atoms with Gasteiger partial charge in [-0.05, 0) is 23.3 Å². The molecular formula is C19H24ClN3O2. The fraction of sp³-hybridized carbons (Fsp3) is 0.263. The highest BCUT2D eigenvalue weighted by Crippen LogP contribution is 2.08. The molecule has 2 rings (SSSR count). The second kappa shape index (κ2) is 9.69. The van der Waals surface area contributed by atoms with Crippen molar-refractivity contribution in [3.05, 3.63) is 65.7 Å². The number of nitrogens with zero attached hydrogens (tertiary/aromatic N) is 1. The van der Waals surface area contributed by atoms with Crippen molar-refractivity contribution >= 4 is 29.9 Å². The second-order valence-corrected chi connectivity index (χ2v) is 5.96. The standard InChI is InChI=1S/C19H23N3O2.ClH/c1-22(2)19(24)17(12-14-6-4-3-5-7-14)21-18(23)13-15-8-10-16(20)11-9-15;/h3-11,17H,12-13,20H2,1-2H3,(H,21,23);1H. The lowest BCUT2D eigenvalue weighted by molar-refractivity contribution is -0.134. The summed E-state index contributed by atoms with van der Waals surface area (Å²) in [5, 5.41) is 2.85. The fourth-order valence-electron chi connectivity index (χ4n) is 2.43. The summed E-state index contributed by atoms with van der Waals surface area (Å²) in [5.41, 5.74) is 8.17. The summed E-state index contributed by atoms with van der Waals surface area (Å²) in [5.74, 6) is -0.305. The molecule has 0 aromatic heterocycles. The van der Waals surface area contributed by atoms with Gasteiger partial charge in [0.15, 0.2) is 0 Å². The molecule has 0 radical (unpaired) electrons. The first-order valence-electron chi connectivity index (χ1n) is 7.84. The van der Waals surface area contributed by atoms with Crippen LogP contribution in [0.1, 0.15) is 11.1 Å². The topological polar surface area (TPSA) is 75.4 Å². The number of nitrogens with two attached hydrogens (primary N) is 1. The van der Waals surface area contributed by atoms with Gasteiger partial charge in [-0.15, -0.1) is 12.4 Å². The number of amides is 2. The second-order valence-electron chi connectivity index (χ2n) is 5.96. The number of hydrogen-bond donors (Lipinski definition) is 2. The third-order valence-electron chi connectivity index (χ3n) is 3.70. The zero-order chi connectivity index (χ0) is 17.5. The predicted octanol–water partition coefficient (Wildman–Crippen LogP) is 2.05. The summed E-state index contributed by atoms with van der Waals surface area (Å²) in [4.78, 5) is 26.2. The molecule has 2 aromatic rings. The molecule has 5 nitrogen and oxygen atoms in total. The molecule has 0 aliphatic heterocycles. The van der Waals surface area contributed by atoms with Gasteiger partial charge >= 0.3 is 0 Å². The summed E-state index contributed by atoms with van der Waals surface area (Å²) in [6, 6.07) is 16.2. The number of anilines is 1. The smallest absolute Gasteiger partial charge is 0.244 e. The van der Waals surface area contributed by atoms with E-state index in [1.807, 2.05) is 42.5 Å². The number of benzene rings is 2. The quantitative estimate of drug-likeness (QED) is 0.773. The normalized spacial score (nSPS) is 11.1. The van der Waals surface area contributed by atoms with Crippen molar-refractivity contribution in [1.29, 1.82) is 0 Å². The van der Waals surface area contributed by atoms with Crippen LogP contribution in [0.4, 0.5) is 5.69 Å². The van der Waals surface area contributed by atoms with Gasteiger partial charge in [-0.3, -0.25) is 9.59 Å². The number of carbonyl (C=O) groups excluding carboxylic acids is 2. The molecule has 2 aromatic carbocycles. The number of hydrogen-bond acceptors (Lipinski definition) is 3. The Labute approximate surface area is 154 Å². The van der Waals surface area contributed by atoms with Crippen LogP contribution >= 0.6 is 12.4 Å². The molecule has 6 heteroatoms. The monoisotopic (exact) mass is 361 g/mol. The zero-order valence-electron chi connectivity index (χ0n) is 14.4. The van der Waals surface area contributed by atoms with Gasteiger partial charge in [0.1, 0.15) is 6.04 Å². The molecule has 134 valence electrons. The molecule has 1 unspecified atom stereocenters. The minimum atomic E-state index is -0.580. The zero-order valence-corrected chi connectivity index (χ0v) is 15.3. The van der Waals surface area contributed by atoms with Crippen LogP contribution in [-0.2, 0) is 22.4 Å². The van der Waals surface area contributed by atoms with E-state index in [0.29, 0.717) is 12.1 Å². The largest absolute Gasteiger partial charge is 0.399 e. The molecule has 0 aliphatic carbocycles. The minimum absolute atomic E-state index is 0. The minimum Gasteiger partial charge on any atom is -0.399 e. The van der Waals surface area contributed by atoms with Gasteiger partial charge < -0.3 is 16.0 Å². The predicted molar refractivity (Wildman–Crippen MR) is 103 cm³/mol. The fourth-order valence-corrected chi connectivity index (χ4v) is 2.43. The average molecular weight is 362 g/mol. The highest BCUT2D eigenvalue weighted by atomic mass is 35.5. The highest BCUT2D eigenvalue weighted by molar-refractivity contribution is 5.88. The molecule has 0 heterocycles. The Morgan fingerprint density at radius 2 is 1.60 bits per heavy atom. The molecule has 2 amide bonds. The number of likely N-dealkylation sites (N-methyl/N-ethyl adjacent to an activating group) is 1. The van der Waals surface area contributed by atoms with Crippen LogP contribution in [0.15, 0.2) is 54.6 Å². The maximum absolute atomic E-state index is 12.4. The first kappa shape index (κ1) is 20.5. The van der Waals surface area contributed by atoms with Gasteiger partial charge in [0, 0.05) is 26.2 Å². The first-order chi connectivity index (χ1) is 11.5. The van der Waals surface area contributed by atoms with Gasteiger partial charge in [-0.25, -0.2) is 0 Å². The van der Waals surface area contributed by atoms with E-state index < -0.39 is 6.04 Å². The van der Waals surface area contributed by atoms with Crippen LogP contribution in [0, 0.1) is 0 Å². The third-order valence-corrected chi connectivity index (χ3v) is 3.70. The molecule has 0 saturated carbocycles. The molecule has 0 aliphatic rings. The molecular weight excluding hydrogens is 338 g/mol. The number of carbonyl (C=O) groups is 2. The molecule has 3 N–H and O–H groups in total. The summed E-state index contributed by atoms with van der Waals surface area (Å²) < 4.78 is 0. The van der Waals surface area contributed by atoms with Crippen molar-refractivity contribution in [2.45, 2.75) is 18.9 Å². The van der Waals surface area contributed by atoms with Crippen molar-refractivity contribution in [1.82, 2.24) is 10.2 Å². The SMILES string of the molecule is CN(C)C(=O)C(Cc1ccccc1)NC(=O)Cc1ccc(N)cc1.Cl. The summed E-state index contributed by atoms with van der Waals surface area (Å²) in [6.07, 6.45) is 0.678. The van der Waals surface area contributed by atoms with Gasteiger partial charge in [0.2, 0.25) is 11.8 Å². The van der Waals surface area contributed by atoms with E-state index in [1.165, 1.54) is 4.90 Å². The van der Waals surface area contributed by atoms with Gasteiger partial charge in [-0.1, -0.05) is 42.5 Å². The molecule has 0 fully saturated rings. The van der Waals surface area contributed by atoms with E-state index in [9.17, 15) is 9.59 Å². The Morgan fingerprint density at radius 1 is 1.00 bits per heavy atom. The van der Waals surface area contributed by atoms with E-state index in [1.54, 1.807) is 26.2 Å². The van der Waals surface area contributed by atoms with Crippen LogP contribution in [0.3, 0.4) is 0 Å². The molecule has 0 saturated heterocycles. The van der Waals surface area contributed by atoms with Crippen LogP contribution < -0.4 is 11.1 Å². The van der Waals surface area contributed by atoms with Crippen LogP contribution in [0.5, 0.6) is 0 Å². The van der Waals surface area contributed by atoms with E-state index in [0.717, 1.165) is 11.1 Å². The maximum Gasteiger partial charge on any atom is 0.244 e. The molecule has 0 spiro atoms. The van der Waals surface area contributed by atoms with Crippen molar-refractivity contribution in [2.75, 3.05) is 19.8 Å². The average Bonchev–Trinajstić information content (AvgIpc) is 2.56. The Balaban J connectivity index is 0.00000312. The van der Waals surface area contributed by atoms with Gasteiger partial charge in [0.25, 0.3) is 0 Å². The van der Waals surface area contributed by atoms with Crippen molar-refractivity contribution in [2.24, 2.45) is 0 Å². The van der Waals surface area contributed by atoms with Gasteiger partial charge in [-0.2, -0.15) is 0 Å². The number of halogens is 1. The van der Waals surface area contributed by atoms with Crippen molar-refractivity contribution in [3.63, 3.8) is 0 Å². The Hall–Kier alpha value is -2.53. The highest BCUT2D eigenvalue weighted by Gasteiger charge is 2.22. The van der Waals surface area contributed by atoms with Crippen LogP contribution in [0.2, 0.25) is 0 Å². The van der Waals surface area contributed by atoms with Gasteiger partial charge in [0.05, 0.1) is 6.42 Å². The third kappa shape index (κ3) is 6.47. The lowest BCUT2D eigenvalue weighted by Crippen LogP contribution is -2.48. The number of nitrogens with one attached hydrogen (secondary N) is 1. The van der Waals surface area contributed by atoms with E-state index in [-0.39, 0.29) is 30.6 Å². The Bertz CT molecular complexity index is 688. The maximum atomic E-state index is 12.4. The molecule has 0 bridgehead atoms. The molecule has 25 heavy (non-hydrogen) atoms. The van der Waals surface area contributed by atoms with E-state index >= 15 is 0 Å². The van der Waals surface area contributed by atoms with Crippen molar-refractivity contribution in [3.8, 4) is 0 Å². The summed E-state index contributed by atoms with van der Waals surface area (Å²) >= 11 is 0. The lowest BCUT2D eigenvalue weighted by atomic mass is 10.0. The number of nitrogen functional groups attached to an aromatic ring is 1. The Morgan fingerprint density at radius 3 is 2.16 bits per heavy atom. The lowest BCUT2D eigenvalue weighted by Gasteiger charge is -2.22. The van der Waals surface area contributed by atoms with E-state index in [4.69, 9.17) is 5.73 Å². The van der Waals surface area contributed by atoms with Crippen molar-refractivity contribution < 1.29 is 9.59 Å². The van der Waals surface area contributed by atoms with Crippen LogP contribution in [0.25, 0.3) is 0 Å². The van der Waals surface area contributed by atoms with Crippen LogP contribution in [-0.4, -0.2) is 36.9 Å². The first-order valence-corrected chi connectivity index (χ1v) is 7.84. The van der Waals surface area contributed by atoms with E-state index in [2.05, 4.69) is 5.32 Å². The number of rotatable bonds is 6. The Kier molecular flexibility index (Phi) is 7.95.